The predicted molar refractivity (Wildman–Crippen MR) is 117 cm³/mol. The molecule has 0 fully saturated rings. The fourth-order valence-electron chi connectivity index (χ4n) is 3.41. The predicted octanol–water partition coefficient (Wildman–Crippen LogP) is 6.05. The minimum absolute atomic E-state index is 0.0475. The zero-order chi connectivity index (χ0) is 19.4. The van der Waals surface area contributed by atoms with E-state index in [0.717, 1.165) is 35.7 Å². The molecule has 0 amide bonds. The first-order valence-electron chi connectivity index (χ1n) is 9.05. The Hall–Kier alpha value is -1.17. The number of rotatable bonds is 7. The number of aliphatic hydroxyl groups excluding tert-OH is 1. The minimum Gasteiger partial charge on any atom is -0.394 e. The van der Waals surface area contributed by atoms with E-state index in [4.69, 9.17) is 23.2 Å². The summed E-state index contributed by atoms with van der Waals surface area (Å²) in [4.78, 5) is 1.21. The minimum atomic E-state index is -0.112. The van der Waals surface area contributed by atoms with Crippen molar-refractivity contribution in [3.05, 3.63) is 74.6 Å². The van der Waals surface area contributed by atoms with Gasteiger partial charge in [-0.15, -0.1) is 11.8 Å². The number of hydrazine groups is 1. The highest BCUT2D eigenvalue weighted by Crippen LogP contribution is 2.43. The maximum atomic E-state index is 10.2. The van der Waals surface area contributed by atoms with Gasteiger partial charge in [-0.3, -0.25) is 5.01 Å². The van der Waals surface area contributed by atoms with Crippen LogP contribution in [-0.4, -0.2) is 34.2 Å². The van der Waals surface area contributed by atoms with E-state index in [1.54, 1.807) is 17.8 Å². The number of aliphatic hydroxyl groups is 1. The Morgan fingerprint density at radius 3 is 2.56 bits per heavy atom. The van der Waals surface area contributed by atoms with Crippen LogP contribution in [0.3, 0.4) is 0 Å². The third-order valence-corrected chi connectivity index (χ3v) is 6.21. The molecule has 0 spiro atoms. The second kappa shape index (κ2) is 9.35. The zero-order valence-electron chi connectivity index (χ0n) is 15.5. The van der Waals surface area contributed by atoms with Crippen molar-refractivity contribution in [2.45, 2.75) is 26.3 Å². The summed E-state index contributed by atoms with van der Waals surface area (Å²) < 4.78 is 0. The molecular formula is C21H24Cl2N2OS. The van der Waals surface area contributed by atoms with Crippen molar-refractivity contribution >= 4 is 40.7 Å². The molecule has 1 heterocycles. The molecule has 1 atom stereocenters. The first-order chi connectivity index (χ1) is 13.1. The Kier molecular flexibility index (Phi) is 7.12. The molecule has 3 rings (SSSR count). The van der Waals surface area contributed by atoms with Gasteiger partial charge >= 0.3 is 0 Å². The highest BCUT2D eigenvalue weighted by Gasteiger charge is 2.32. The van der Waals surface area contributed by atoms with Gasteiger partial charge < -0.3 is 5.11 Å². The highest BCUT2D eigenvalue weighted by atomic mass is 35.5. The van der Waals surface area contributed by atoms with Crippen molar-refractivity contribution in [3.8, 4) is 0 Å². The monoisotopic (exact) mass is 422 g/mol. The van der Waals surface area contributed by atoms with Gasteiger partial charge in [0.2, 0.25) is 0 Å². The topological polar surface area (TPSA) is 26.7 Å². The molecule has 0 saturated carbocycles. The summed E-state index contributed by atoms with van der Waals surface area (Å²) >= 11 is 14.4. The summed E-state index contributed by atoms with van der Waals surface area (Å²) in [7, 11) is 0. The Bertz CT molecular complexity index is 813. The average Bonchev–Trinajstić information content (AvgIpc) is 3.04. The lowest BCUT2D eigenvalue weighted by atomic mass is 10.1. The van der Waals surface area contributed by atoms with Gasteiger partial charge in [0, 0.05) is 22.0 Å². The molecule has 27 heavy (non-hydrogen) atoms. The van der Waals surface area contributed by atoms with Crippen LogP contribution in [0, 0.1) is 0 Å². The molecule has 0 aliphatic carbocycles. The number of nitrogens with zero attached hydrogens (tertiary/aromatic N) is 2. The third kappa shape index (κ3) is 4.47. The molecule has 1 N–H and O–H groups in total. The molecule has 3 nitrogen and oxygen atoms in total. The van der Waals surface area contributed by atoms with E-state index < -0.39 is 0 Å². The molecule has 0 aromatic heterocycles. The molecule has 1 aliphatic rings. The molecule has 0 radical (unpaired) electrons. The van der Waals surface area contributed by atoms with Gasteiger partial charge in [-0.25, -0.2) is 5.01 Å². The number of halogens is 2. The van der Waals surface area contributed by atoms with Crippen molar-refractivity contribution in [2.75, 3.05) is 19.0 Å². The number of thioether (sulfide) groups is 1. The second-order valence-corrected chi connectivity index (χ2v) is 8.48. The number of benzene rings is 2. The SMILES string of the molecule is CCCN(C(CO)c1ccccc1)N1CSC(C)=C1c1ccc(Cl)cc1Cl. The van der Waals surface area contributed by atoms with Crippen LogP contribution >= 0.6 is 35.0 Å². The third-order valence-electron chi connectivity index (χ3n) is 4.66. The van der Waals surface area contributed by atoms with E-state index in [-0.39, 0.29) is 12.6 Å². The normalized spacial score (nSPS) is 15.7. The maximum absolute atomic E-state index is 10.2. The van der Waals surface area contributed by atoms with Crippen molar-refractivity contribution in [2.24, 2.45) is 0 Å². The van der Waals surface area contributed by atoms with Gasteiger partial charge in [-0.2, -0.15) is 0 Å². The number of hydrogen-bond acceptors (Lipinski definition) is 4. The van der Waals surface area contributed by atoms with Crippen LogP contribution in [0.1, 0.15) is 37.4 Å². The summed E-state index contributed by atoms with van der Waals surface area (Å²) in [5.41, 5.74) is 3.16. The van der Waals surface area contributed by atoms with Gasteiger partial charge in [0.1, 0.15) is 0 Å². The molecule has 1 unspecified atom stereocenters. The van der Waals surface area contributed by atoms with Gasteiger partial charge in [-0.1, -0.05) is 60.5 Å². The standard InChI is InChI=1S/C21H24Cl2N2OS/c1-3-11-24(20(13-26)16-7-5-4-6-8-16)25-14-27-15(2)21(25)18-10-9-17(22)12-19(18)23/h4-10,12,20,26H,3,11,13-14H2,1-2H3. The van der Waals surface area contributed by atoms with E-state index in [1.807, 2.05) is 30.3 Å². The Balaban J connectivity index is 2.01. The van der Waals surface area contributed by atoms with Crippen molar-refractivity contribution < 1.29 is 5.11 Å². The molecular weight excluding hydrogens is 399 g/mol. The molecule has 144 valence electrons. The number of hydrogen-bond donors (Lipinski definition) is 1. The lowest BCUT2D eigenvalue weighted by Gasteiger charge is -2.40. The van der Waals surface area contributed by atoms with Gasteiger partial charge in [-0.05, 0) is 37.1 Å². The quantitative estimate of drug-likeness (QED) is 0.587. The molecule has 2 aromatic carbocycles. The second-order valence-electron chi connectivity index (χ2n) is 6.47. The van der Waals surface area contributed by atoms with Crippen molar-refractivity contribution in [1.29, 1.82) is 0 Å². The first-order valence-corrected chi connectivity index (χ1v) is 10.8. The number of allylic oxidation sites excluding steroid dienone is 1. The fourth-order valence-corrected chi connectivity index (χ4v) is 4.85. The van der Waals surface area contributed by atoms with E-state index >= 15 is 0 Å². The fraction of sp³-hybridized carbons (Fsp3) is 0.333. The van der Waals surface area contributed by atoms with Crippen molar-refractivity contribution in [1.82, 2.24) is 10.0 Å². The molecule has 0 bridgehead atoms. The lowest BCUT2D eigenvalue weighted by Crippen LogP contribution is -2.44. The van der Waals surface area contributed by atoms with Crippen LogP contribution in [0.25, 0.3) is 5.70 Å². The smallest absolute Gasteiger partial charge is 0.0846 e. The largest absolute Gasteiger partial charge is 0.394 e. The molecule has 6 heteroatoms. The van der Waals surface area contributed by atoms with Crippen LogP contribution in [0.2, 0.25) is 10.0 Å². The zero-order valence-corrected chi connectivity index (χ0v) is 17.9. The van der Waals surface area contributed by atoms with Crippen LogP contribution < -0.4 is 0 Å². The Labute approximate surface area is 175 Å². The summed E-state index contributed by atoms with van der Waals surface area (Å²) in [6, 6.07) is 15.7. The van der Waals surface area contributed by atoms with E-state index in [1.165, 1.54) is 4.91 Å². The molecule has 0 saturated heterocycles. The lowest BCUT2D eigenvalue weighted by molar-refractivity contribution is -0.0180. The summed E-state index contributed by atoms with van der Waals surface area (Å²) in [6.07, 6.45) is 0.977. The van der Waals surface area contributed by atoms with Crippen LogP contribution in [0.4, 0.5) is 0 Å². The van der Waals surface area contributed by atoms with Gasteiger partial charge in [0.15, 0.2) is 0 Å². The Morgan fingerprint density at radius 1 is 1.19 bits per heavy atom. The molecule has 1 aliphatic heterocycles. The maximum Gasteiger partial charge on any atom is 0.0846 e. The molecule has 2 aromatic rings. The van der Waals surface area contributed by atoms with Gasteiger partial charge in [0.25, 0.3) is 0 Å². The Morgan fingerprint density at radius 2 is 1.93 bits per heavy atom. The van der Waals surface area contributed by atoms with E-state index in [9.17, 15) is 5.11 Å². The van der Waals surface area contributed by atoms with Crippen LogP contribution in [0.5, 0.6) is 0 Å². The van der Waals surface area contributed by atoms with Crippen LogP contribution in [0.15, 0.2) is 53.4 Å². The summed E-state index contributed by atoms with van der Waals surface area (Å²) in [6.45, 7) is 5.15. The highest BCUT2D eigenvalue weighted by molar-refractivity contribution is 8.03. The van der Waals surface area contributed by atoms with Crippen molar-refractivity contribution in [3.63, 3.8) is 0 Å². The van der Waals surface area contributed by atoms with E-state index in [0.29, 0.717) is 10.0 Å². The van der Waals surface area contributed by atoms with Gasteiger partial charge in [0.05, 0.1) is 29.2 Å². The summed E-state index contributed by atoms with van der Waals surface area (Å²) in [5.74, 6) is 0.795. The average molecular weight is 423 g/mol. The first kappa shape index (κ1) is 20.6. The van der Waals surface area contributed by atoms with E-state index in [2.05, 4.69) is 36.0 Å². The summed E-state index contributed by atoms with van der Waals surface area (Å²) in [5, 5.41) is 16.0. The van der Waals surface area contributed by atoms with Crippen LogP contribution in [-0.2, 0) is 0 Å².